The van der Waals surface area contributed by atoms with E-state index in [1.54, 1.807) is 6.20 Å². The minimum absolute atomic E-state index is 0. The van der Waals surface area contributed by atoms with Crippen LogP contribution in [0.5, 0.6) is 0 Å². The number of anilines is 1. The highest BCUT2D eigenvalue weighted by Crippen LogP contribution is 2.32. The van der Waals surface area contributed by atoms with Gasteiger partial charge in [-0.1, -0.05) is 0 Å². The molecule has 6 nitrogen and oxygen atoms in total. The SMILES string of the molecule is Cc1ccc(-c2ccnc(N3C[C@@H]4COC(=O)[C@@H]4C3)n2)c(C)n1.Cl. The number of halogens is 1. The quantitative estimate of drug-likeness (QED) is 0.776. The second-order valence-corrected chi connectivity index (χ2v) is 6.23. The fourth-order valence-electron chi connectivity index (χ4n) is 3.37. The number of esters is 1. The van der Waals surface area contributed by atoms with Crippen molar-refractivity contribution >= 4 is 24.3 Å². The Morgan fingerprint density at radius 1 is 1.17 bits per heavy atom. The molecule has 0 saturated carbocycles. The van der Waals surface area contributed by atoms with Gasteiger partial charge in [0.25, 0.3) is 0 Å². The maximum absolute atomic E-state index is 11.7. The zero-order chi connectivity index (χ0) is 16.0. The molecule has 0 radical (unpaired) electrons. The topological polar surface area (TPSA) is 68.2 Å². The van der Waals surface area contributed by atoms with E-state index in [1.165, 1.54) is 0 Å². The van der Waals surface area contributed by atoms with Crippen molar-refractivity contribution in [2.24, 2.45) is 11.8 Å². The van der Waals surface area contributed by atoms with Gasteiger partial charge in [0.15, 0.2) is 0 Å². The van der Waals surface area contributed by atoms with Crippen LogP contribution in [-0.2, 0) is 9.53 Å². The molecule has 4 rings (SSSR count). The van der Waals surface area contributed by atoms with Crippen LogP contribution in [0.4, 0.5) is 5.95 Å². The summed E-state index contributed by atoms with van der Waals surface area (Å²) in [5, 5.41) is 0. The minimum Gasteiger partial charge on any atom is -0.465 e. The number of hydrogen-bond acceptors (Lipinski definition) is 6. The van der Waals surface area contributed by atoms with E-state index in [4.69, 9.17) is 9.72 Å². The van der Waals surface area contributed by atoms with Crippen molar-refractivity contribution < 1.29 is 9.53 Å². The number of rotatable bonds is 2. The number of ether oxygens (including phenoxy) is 1. The normalized spacial score (nSPS) is 22.1. The fourth-order valence-corrected chi connectivity index (χ4v) is 3.37. The Morgan fingerprint density at radius 3 is 2.75 bits per heavy atom. The number of hydrogen-bond donors (Lipinski definition) is 0. The molecule has 2 aliphatic heterocycles. The van der Waals surface area contributed by atoms with Crippen LogP contribution in [0.2, 0.25) is 0 Å². The molecule has 2 atom stereocenters. The number of pyridine rings is 1. The van der Waals surface area contributed by atoms with Crippen LogP contribution in [0.3, 0.4) is 0 Å². The van der Waals surface area contributed by atoms with Gasteiger partial charge in [0.2, 0.25) is 5.95 Å². The standard InChI is InChI=1S/C17H18N4O2.ClH/c1-10-3-4-13(11(2)19-10)15-5-6-18-17(20-15)21-7-12-9-23-16(22)14(12)8-21;/h3-6,12,14H,7-9H2,1-2H3;1H/t12-,14-;/m1./s1. The highest BCUT2D eigenvalue weighted by Gasteiger charge is 2.44. The van der Waals surface area contributed by atoms with E-state index in [9.17, 15) is 4.79 Å². The monoisotopic (exact) mass is 346 g/mol. The van der Waals surface area contributed by atoms with E-state index in [-0.39, 0.29) is 30.2 Å². The van der Waals surface area contributed by atoms with Crippen molar-refractivity contribution in [1.82, 2.24) is 15.0 Å². The molecule has 0 aromatic carbocycles. The predicted molar refractivity (Wildman–Crippen MR) is 92.1 cm³/mol. The molecule has 2 aliphatic rings. The van der Waals surface area contributed by atoms with Crippen molar-refractivity contribution in [3.05, 3.63) is 35.8 Å². The Kier molecular flexibility index (Phi) is 4.41. The first kappa shape index (κ1) is 16.6. The second-order valence-electron chi connectivity index (χ2n) is 6.23. The molecule has 0 aliphatic carbocycles. The Balaban J connectivity index is 0.00000169. The summed E-state index contributed by atoms with van der Waals surface area (Å²) in [5.74, 6) is 0.805. The maximum Gasteiger partial charge on any atom is 0.311 e. The Bertz CT molecular complexity index is 783. The molecule has 126 valence electrons. The van der Waals surface area contributed by atoms with Gasteiger partial charge in [0.1, 0.15) is 0 Å². The summed E-state index contributed by atoms with van der Waals surface area (Å²) >= 11 is 0. The first-order valence-electron chi connectivity index (χ1n) is 7.81. The van der Waals surface area contributed by atoms with Gasteiger partial charge in [0.05, 0.1) is 18.2 Å². The molecule has 24 heavy (non-hydrogen) atoms. The van der Waals surface area contributed by atoms with E-state index >= 15 is 0 Å². The van der Waals surface area contributed by atoms with E-state index in [2.05, 4.69) is 14.9 Å². The lowest BCUT2D eigenvalue weighted by molar-refractivity contribution is -0.140. The third-order valence-corrected chi connectivity index (χ3v) is 4.61. The summed E-state index contributed by atoms with van der Waals surface area (Å²) in [6, 6.07) is 5.92. The highest BCUT2D eigenvalue weighted by atomic mass is 35.5. The highest BCUT2D eigenvalue weighted by molar-refractivity contribution is 5.85. The van der Waals surface area contributed by atoms with Crippen molar-refractivity contribution in [1.29, 1.82) is 0 Å². The molecule has 2 saturated heterocycles. The van der Waals surface area contributed by atoms with Gasteiger partial charge >= 0.3 is 5.97 Å². The average Bonchev–Trinajstić information content (AvgIpc) is 3.10. The van der Waals surface area contributed by atoms with Crippen molar-refractivity contribution in [2.75, 3.05) is 24.6 Å². The number of carbonyl (C=O) groups is 1. The molecule has 0 amide bonds. The summed E-state index contributed by atoms with van der Waals surface area (Å²) in [7, 11) is 0. The van der Waals surface area contributed by atoms with Crippen molar-refractivity contribution in [3.8, 4) is 11.3 Å². The third kappa shape index (κ3) is 2.82. The first-order valence-corrected chi connectivity index (χ1v) is 7.81. The van der Waals surface area contributed by atoms with E-state index in [1.807, 2.05) is 32.0 Å². The molecule has 7 heteroatoms. The van der Waals surface area contributed by atoms with Gasteiger partial charge in [-0.15, -0.1) is 12.4 Å². The number of aromatic nitrogens is 3. The molecule has 0 spiro atoms. The third-order valence-electron chi connectivity index (χ3n) is 4.61. The largest absolute Gasteiger partial charge is 0.465 e. The first-order chi connectivity index (χ1) is 11.1. The summed E-state index contributed by atoms with van der Waals surface area (Å²) in [5.41, 5.74) is 3.82. The molecule has 0 bridgehead atoms. The molecule has 2 aromatic rings. The number of nitrogens with zero attached hydrogens (tertiary/aromatic N) is 4. The lowest BCUT2D eigenvalue weighted by Crippen LogP contribution is -2.25. The van der Waals surface area contributed by atoms with Crippen LogP contribution in [0.15, 0.2) is 24.4 Å². The van der Waals surface area contributed by atoms with E-state index in [0.29, 0.717) is 19.1 Å². The molecule has 2 fully saturated rings. The smallest absolute Gasteiger partial charge is 0.311 e. The van der Waals surface area contributed by atoms with Crippen LogP contribution in [-0.4, -0.2) is 40.6 Å². The number of aryl methyl sites for hydroxylation is 2. The second kappa shape index (κ2) is 6.36. The number of cyclic esters (lactones) is 1. The lowest BCUT2D eigenvalue weighted by Gasteiger charge is -2.17. The lowest BCUT2D eigenvalue weighted by atomic mass is 10.0. The maximum atomic E-state index is 11.7. The fraction of sp³-hybridized carbons (Fsp3) is 0.412. The van der Waals surface area contributed by atoms with E-state index < -0.39 is 0 Å². The molecule has 0 unspecified atom stereocenters. The molecule has 0 N–H and O–H groups in total. The Hall–Kier alpha value is -2.21. The summed E-state index contributed by atoms with van der Waals surface area (Å²) in [6.07, 6.45) is 1.77. The van der Waals surface area contributed by atoms with Crippen LogP contribution in [0.1, 0.15) is 11.4 Å². The number of carbonyl (C=O) groups excluding carboxylic acids is 1. The number of fused-ring (bicyclic) bond motifs is 1. The van der Waals surface area contributed by atoms with Crippen LogP contribution < -0.4 is 4.90 Å². The van der Waals surface area contributed by atoms with Gasteiger partial charge in [0, 0.05) is 42.2 Å². The van der Waals surface area contributed by atoms with Gasteiger partial charge in [-0.3, -0.25) is 9.78 Å². The molecular weight excluding hydrogens is 328 g/mol. The molecule has 4 heterocycles. The minimum atomic E-state index is -0.0905. The van der Waals surface area contributed by atoms with Crippen molar-refractivity contribution in [3.63, 3.8) is 0 Å². The van der Waals surface area contributed by atoms with Gasteiger partial charge in [-0.2, -0.15) is 0 Å². The van der Waals surface area contributed by atoms with Crippen molar-refractivity contribution in [2.45, 2.75) is 13.8 Å². The Labute approximate surface area is 146 Å². The molecular formula is C17H19ClN4O2. The van der Waals surface area contributed by atoms with E-state index in [0.717, 1.165) is 29.2 Å². The van der Waals surface area contributed by atoms with Crippen LogP contribution >= 0.6 is 12.4 Å². The van der Waals surface area contributed by atoms with Gasteiger partial charge in [-0.25, -0.2) is 9.97 Å². The zero-order valence-electron chi connectivity index (χ0n) is 13.6. The zero-order valence-corrected chi connectivity index (χ0v) is 14.4. The van der Waals surface area contributed by atoms with Gasteiger partial charge < -0.3 is 9.64 Å². The Morgan fingerprint density at radius 2 is 2.00 bits per heavy atom. The summed E-state index contributed by atoms with van der Waals surface area (Å²) in [6.45, 7) is 5.88. The summed E-state index contributed by atoms with van der Waals surface area (Å²) in [4.78, 5) is 27.4. The van der Waals surface area contributed by atoms with Crippen LogP contribution in [0.25, 0.3) is 11.3 Å². The van der Waals surface area contributed by atoms with Crippen LogP contribution in [0, 0.1) is 25.7 Å². The van der Waals surface area contributed by atoms with Gasteiger partial charge in [-0.05, 0) is 32.0 Å². The molecule has 2 aromatic heterocycles. The summed E-state index contributed by atoms with van der Waals surface area (Å²) < 4.78 is 5.11. The predicted octanol–water partition coefficient (Wildman–Crippen LogP) is 2.19. The average molecular weight is 347 g/mol.